The van der Waals surface area contributed by atoms with Gasteiger partial charge in [-0.05, 0) is 72.3 Å². The molecular weight excluding hydrogens is 278 g/mol. The van der Waals surface area contributed by atoms with E-state index in [1.807, 2.05) is 25.7 Å². The molecule has 1 aliphatic heterocycles. The van der Waals surface area contributed by atoms with Gasteiger partial charge in [0.2, 0.25) is 0 Å². The highest BCUT2D eigenvalue weighted by atomic mass is 16.6. The molecule has 1 saturated heterocycles. The summed E-state index contributed by atoms with van der Waals surface area (Å²) in [6.07, 6.45) is 7.67. The smallest absolute Gasteiger partial charge is 0.410 e. The Kier molecular flexibility index (Phi) is 6.09. The van der Waals surface area contributed by atoms with Crippen LogP contribution in [0.15, 0.2) is 0 Å². The Morgan fingerprint density at radius 2 is 1.91 bits per heavy atom. The molecule has 5 nitrogen and oxygen atoms in total. The maximum absolute atomic E-state index is 12.2. The van der Waals surface area contributed by atoms with Crippen LogP contribution < -0.4 is 11.1 Å². The number of ether oxygens (including phenoxy) is 1. The largest absolute Gasteiger partial charge is 0.444 e. The highest BCUT2D eigenvalue weighted by molar-refractivity contribution is 5.68. The molecule has 0 spiro atoms. The van der Waals surface area contributed by atoms with Crippen LogP contribution >= 0.6 is 0 Å². The van der Waals surface area contributed by atoms with Gasteiger partial charge < -0.3 is 20.7 Å². The molecule has 22 heavy (non-hydrogen) atoms. The molecular formula is C17H33N3O2. The number of nitrogens with one attached hydrogen (secondary N) is 1. The molecule has 0 radical (unpaired) electrons. The fourth-order valence-electron chi connectivity index (χ4n) is 3.47. The number of carbonyl (C=O) groups is 1. The third kappa shape index (κ3) is 5.43. The van der Waals surface area contributed by atoms with E-state index >= 15 is 0 Å². The minimum absolute atomic E-state index is 0.154. The van der Waals surface area contributed by atoms with Crippen molar-refractivity contribution in [2.24, 2.45) is 5.73 Å². The summed E-state index contributed by atoms with van der Waals surface area (Å²) in [5.74, 6) is 0. The van der Waals surface area contributed by atoms with Crippen LogP contribution in [0.3, 0.4) is 0 Å². The molecule has 1 aliphatic carbocycles. The van der Waals surface area contributed by atoms with Crippen LogP contribution in [0.2, 0.25) is 0 Å². The van der Waals surface area contributed by atoms with Crippen LogP contribution in [0, 0.1) is 0 Å². The summed E-state index contributed by atoms with van der Waals surface area (Å²) in [5, 5.41) is 3.64. The van der Waals surface area contributed by atoms with Gasteiger partial charge in [0.25, 0.3) is 0 Å². The van der Waals surface area contributed by atoms with Gasteiger partial charge in [-0.1, -0.05) is 0 Å². The molecule has 1 unspecified atom stereocenters. The van der Waals surface area contributed by atoms with Gasteiger partial charge in [0.1, 0.15) is 5.60 Å². The van der Waals surface area contributed by atoms with Gasteiger partial charge in [-0.2, -0.15) is 0 Å². The van der Waals surface area contributed by atoms with Crippen molar-refractivity contribution < 1.29 is 9.53 Å². The molecule has 1 atom stereocenters. The summed E-state index contributed by atoms with van der Waals surface area (Å²) in [5.41, 5.74) is 5.53. The monoisotopic (exact) mass is 311 g/mol. The van der Waals surface area contributed by atoms with Crippen LogP contribution in [0.1, 0.15) is 65.7 Å². The zero-order valence-electron chi connectivity index (χ0n) is 14.4. The summed E-state index contributed by atoms with van der Waals surface area (Å²) in [4.78, 5) is 14.2. The summed E-state index contributed by atoms with van der Waals surface area (Å²) in [6.45, 7) is 7.57. The number of nitrogens with zero attached hydrogens (tertiary/aromatic N) is 1. The van der Waals surface area contributed by atoms with E-state index in [1.165, 1.54) is 12.8 Å². The fraction of sp³-hybridized carbons (Fsp3) is 0.941. The van der Waals surface area contributed by atoms with Gasteiger partial charge in [-0.15, -0.1) is 0 Å². The minimum Gasteiger partial charge on any atom is -0.444 e. The Bertz CT molecular complexity index is 359. The lowest BCUT2D eigenvalue weighted by atomic mass is 9.92. The molecule has 128 valence electrons. The lowest BCUT2D eigenvalue weighted by molar-refractivity contribution is 0.0220. The second kappa shape index (κ2) is 7.64. The molecule has 2 aliphatic rings. The highest BCUT2D eigenvalue weighted by Gasteiger charge is 2.31. The number of likely N-dealkylation sites (tertiary alicyclic amines) is 1. The lowest BCUT2D eigenvalue weighted by Crippen LogP contribution is -2.42. The van der Waals surface area contributed by atoms with Crippen LogP contribution in [-0.2, 0) is 4.74 Å². The van der Waals surface area contributed by atoms with E-state index in [2.05, 4.69) is 5.32 Å². The van der Waals surface area contributed by atoms with Crippen molar-refractivity contribution in [1.29, 1.82) is 0 Å². The number of nitrogens with two attached hydrogens (primary N) is 1. The fourth-order valence-corrected chi connectivity index (χ4v) is 3.47. The van der Waals surface area contributed by atoms with Gasteiger partial charge in [0.15, 0.2) is 0 Å². The molecule has 1 saturated carbocycles. The third-order valence-corrected chi connectivity index (χ3v) is 4.69. The van der Waals surface area contributed by atoms with Crippen LogP contribution in [-0.4, -0.2) is 47.8 Å². The van der Waals surface area contributed by atoms with Gasteiger partial charge >= 0.3 is 6.09 Å². The van der Waals surface area contributed by atoms with Gasteiger partial charge in [0, 0.05) is 24.7 Å². The number of amides is 1. The molecule has 0 bridgehead atoms. The Morgan fingerprint density at radius 1 is 1.23 bits per heavy atom. The maximum atomic E-state index is 12.2. The van der Waals surface area contributed by atoms with Crippen molar-refractivity contribution in [1.82, 2.24) is 10.2 Å². The van der Waals surface area contributed by atoms with Crippen molar-refractivity contribution in [3.8, 4) is 0 Å². The van der Waals surface area contributed by atoms with Gasteiger partial charge in [0.05, 0.1) is 0 Å². The van der Waals surface area contributed by atoms with Crippen molar-refractivity contribution in [3.05, 3.63) is 0 Å². The maximum Gasteiger partial charge on any atom is 0.410 e. The number of carbonyl (C=O) groups excluding carboxylic acids is 1. The second-order valence-electron chi connectivity index (χ2n) is 7.82. The zero-order chi connectivity index (χ0) is 16.2. The van der Waals surface area contributed by atoms with Gasteiger partial charge in [-0.25, -0.2) is 4.79 Å². The van der Waals surface area contributed by atoms with E-state index in [0.29, 0.717) is 18.1 Å². The predicted octanol–water partition coefficient (Wildman–Crippen LogP) is 2.64. The molecule has 5 heteroatoms. The average molecular weight is 311 g/mol. The quantitative estimate of drug-likeness (QED) is 0.837. The van der Waals surface area contributed by atoms with Gasteiger partial charge in [-0.3, -0.25) is 0 Å². The third-order valence-electron chi connectivity index (χ3n) is 4.69. The average Bonchev–Trinajstić information content (AvgIpc) is 2.88. The van der Waals surface area contributed by atoms with Crippen LogP contribution in [0.5, 0.6) is 0 Å². The highest BCUT2D eigenvalue weighted by Crippen LogP contribution is 2.23. The Hall–Kier alpha value is -0.810. The molecule has 1 heterocycles. The number of hydrogen-bond donors (Lipinski definition) is 2. The Labute approximate surface area is 134 Å². The van der Waals surface area contributed by atoms with E-state index in [4.69, 9.17) is 10.5 Å². The summed E-state index contributed by atoms with van der Waals surface area (Å²) >= 11 is 0. The van der Waals surface area contributed by atoms with E-state index in [-0.39, 0.29) is 6.09 Å². The molecule has 2 rings (SSSR count). The van der Waals surface area contributed by atoms with Crippen LogP contribution in [0.25, 0.3) is 0 Å². The summed E-state index contributed by atoms with van der Waals surface area (Å²) in [6, 6.07) is 1.33. The molecule has 0 aromatic rings. The molecule has 0 aromatic carbocycles. The van der Waals surface area contributed by atoms with Crippen LogP contribution in [0.4, 0.5) is 4.79 Å². The van der Waals surface area contributed by atoms with E-state index in [0.717, 1.165) is 45.2 Å². The minimum atomic E-state index is -0.413. The Balaban J connectivity index is 1.71. The first-order valence-corrected chi connectivity index (χ1v) is 8.84. The zero-order valence-corrected chi connectivity index (χ0v) is 14.4. The molecule has 3 N–H and O–H groups in total. The Morgan fingerprint density at radius 3 is 2.55 bits per heavy atom. The van der Waals surface area contributed by atoms with E-state index in [9.17, 15) is 4.79 Å². The normalized spacial score (nSPS) is 29.6. The standard InChI is InChI=1S/C17H33N3O2/c1-17(2,3)22-16(21)20-12-4-5-15(20)10-11-19-14-8-6-13(18)7-9-14/h13-15,19H,4-12,18H2,1-3H3. The first-order valence-electron chi connectivity index (χ1n) is 8.84. The SMILES string of the molecule is CC(C)(C)OC(=O)N1CCCC1CCNC1CCC(N)CC1. The summed E-state index contributed by atoms with van der Waals surface area (Å²) < 4.78 is 5.51. The van der Waals surface area contributed by atoms with E-state index in [1.54, 1.807) is 0 Å². The molecule has 1 amide bonds. The number of rotatable bonds is 4. The number of hydrogen-bond acceptors (Lipinski definition) is 4. The predicted molar refractivity (Wildman–Crippen MR) is 88.8 cm³/mol. The van der Waals surface area contributed by atoms with Crippen molar-refractivity contribution in [2.45, 2.75) is 89.4 Å². The van der Waals surface area contributed by atoms with E-state index < -0.39 is 5.60 Å². The molecule has 2 fully saturated rings. The van der Waals surface area contributed by atoms with Crippen molar-refractivity contribution in [3.63, 3.8) is 0 Å². The molecule has 0 aromatic heterocycles. The summed E-state index contributed by atoms with van der Waals surface area (Å²) in [7, 11) is 0. The second-order valence-corrected chi connectivity index (χ2v) is 7.82. The van der Waals surface area contributed by atoms with Crippen molar-refractivity contribution in [2.75, 3.05) is 13.1 Å². The lowest BCUT2D eigenvalue weighted by Gasteiger charge is -2.30. The first-order chi connectivity index (χ1) is 10.3. The first kappa shape index (κ1) is 17.5. The topological polar surface area (TPSA) is 67.6 Å². The van der Waals surface area contributed by atoms with Crippen molar-refractivity contribution >= 4 is 6.09 Å².